The Balaban J connectivity index is 1.40. The number of amides is 2. The first-order valence-electron chi connectivity index (χ1n) is 12.7. The number of ether oxygens (including phenoxy) is 1. The Labute approximate surface area is 203 Å². The third-order valence-corrected chi connectivity index (χ3v) is 6.96. The molecule has 184 valence electrons. The number of carbonyl (C=O) groups excluding carboxylic acids is 1. The molecule has 2 atom stereocenters. The average molecular weight is 468 g/mol. The molecule has 2 aliphatic heterocycles. The van der Waals surface area contributed by atoms with Crippen LogP contribution in [0, 0.1) is 11.7 Å². The first-order chi connectivity index (χ1) is 16.5. The molecule has 2 saturated heterocycles. The highest BCUT2D eigenvalue weighted by atomic mass is 19.1. The van der Waals surface area contributed by atoms with E-state index in [0.717, 1.165) is 36.3 Å². The number of hydrogen-bond acceptors (Lipinski definition) is 3. The van der Waals surface area contributed by atoms with Crippen molar-refractivity contribution in [3.8, 4) is 5.75 Å². The largest absolute Gasteiger partial charge is 0.493 e. The fraction of sp³-hybridized carbons (Fsp3) is 0.536. The van der Waals surface area contributed by atoms with Gasteiger partial charge in [0.2, 0.25) is 0 Å². The second-order valence-corrected chi connectivity index (χ2v) is 10.1. The zero-order valence-electron chi connectivity index (χ0n) is 20.5. The van der Waals surface area contributed by atoms with Gasteiger partial charge in [-0.2, -0.15) is 0 Å². The first kappa shape index (κ1) is 24.5. The summed E-state index contributed by atoms with van der Waals surface area (Å²) in [6.07, 6.45) is 5.76. The molecule has 0 aliphatic carbocycles. The Morgan fingerprint density at radius 3 is 2.53 bits per heavy atom. The van der Waals surface area contributed by atoms with Crippen molar-refractivity contribution in [2.75, 3.05) is 19.7 Å². The molecule has 2 unspecified atom stereocenters. The summed E-state index contributed by atoms with van der Waals surface area (Å²) in [7, 11) is 0. The first-order valence-corrected chi connectivity index (χ1v) is 12.7. The van der Waals surface area contributed by atoms with Crippen LogP contribution in [-0.4, -0.2) is 47.6 Å². The predicted molar refractivity (Wildman–Crippen MR) is 133 cm³/mol. The molecule has 2 aromatic rings. The standard InChI is InChI=1S/C28H38FN3O2/c1-21(2)20-34-27-12-8-22(9-13-27)18-30-28(33)32(19-23-6-10-24(29)11-7-23)26-14-16-31-15-4-3-5-25(31)17-26/h6-13,21,25-26H,3-5,14-20H2,1-2H3,(H,30,33). The van der Waals surface area contributed by atoms with Crippen molar-refractivity contribution in [3.05, 3.63) is 65.5 Å². The van der Waals surface area contributed by atoms with Crippen LogP contribution in [0.25, 0.3) is 0 Å². The van der Waals surface area contributed by atoms with E-state index >= 15 is 0 Å². The third kappa shape index (κ3) is 6.72. The van der Waals surface area contributed by atoms with Gasteiger partial charge in [0.1, 0.15) is 11.6 Å². The van der Waals surface area contributed by atoms with E-state index in [4.69, 9.17) is 4.74 Å². The smallest absolute Gasteiger partial charge is 0.318 e. The number of nitrogens with zero attached hydrogens (tertiary/aromatic N) is 2. The van der Waals surface area contributed by atoms with E-state index < -0.39 is 0 Å². The van der Waals surface area contributed by atoms with Gasteiger partial charge in [0, 0.05) is 31.7 Å². The Kier molecular flexibility index (Phi) is 8.44. The van der Waals surface area contributed by atoms with Gasteiger partial charge < -0.3 is 19.9 Å². The molecular weight excluding hydrogens is 429 g/mol. The van der Waals surface area contributed by atoms with Crippen molar-refractivity contribution in [3.63, 3.8) is 0 Å². The zero-order valence-corrected chi connectivity index (χ0v) is 20.5. The molecular formula is C28H38FN3O2. The van der Waals surface area contributed by atoms with Gasteiger partial charge in [-0.1, -0.05) is 44.5 Å². The summed E-state index contributed by atoms with van der Waals surface area (Å²) in [5, 5.41) is 3.13. The fourth-order valence-electron chi connectivity index (χ4n) is 5.05. The highest BCUT2D eigenvalue weighted by Gasteiger charge is 2.34. The number of carbonyl (C=O) groups is 1. The van der Waals surface area contributed by atoms with Crippen LogP contribution in [-0.2, 0) is 13.1 Å². The molecule has 2 heterocycles. The number of fused-ring (bicyclic) bond motifs is 1. The molecule has 34 heavy (non-hydrogen) atoms. The van der Waals surface area contributed by atoms with Crippen LogP contribution < -0.4 is 10.1 Å². The SMILES string of the molecule is CC(C)COc1ccc(CNC(=O)N(Cc2ccc(F)cc2)C2CCN3CCCCC3C2)cc1. The summed E-state index contributed by atoms with van der Waals surface area (Å²) in [5.41, 5.74) is 1.99. The van der Waals surface area contributed by atoms with Crippen molar-refractivity contribution < 1.29 is 13.9 Å². The van der Waals surface area contributed by atoms with Crippen LogP contribution in [0.5, 0.6) is 5.75 Å². The van der Waals surface area contributed by atoms with E-state index in [9.17, 15) is 9.18 Å². The lowest BCUT2D eigenvalue weighted by molar-refractivity contribution is 0.0537. The fourth-order valence-corrected chi connectivity index (χ4v) is 5.05. The second-order valence-electron chi connectivity index (χ2n) is 10.1. The Morgan fingerprint density at radius 1 is 1.06 bits per heavy atom. The van der Waals surface area contributed by atoms with Gasteiger partial charge in [-0.25, -0.2) is 9.18 Å². The van der Waals surface area contributed by atoms with Crippen LogP contribution in [0.15, 0.2) is 48.5 Å². The molecule has 2 aromatic carbocycles. The predicted octanol–water partition coefficient (Wildman–Crippen LogP) is 5.59. The van der Waals surface area contributed by atoms with E-state index in [2.05, 4.69) is 24.1 Å². The third-order valence-electron chi connectivity index (χ3n) is 6.96. The van der Waals surface area contributed by atoms with Crippen LogP contribution in [0.2, 0.25) is 0 Å². The van der Waals surface area contributed by atoms with E-state index in [1.807, 2.05) is 29.2 Å². The van der Waals surface area contributed by atoms with Gasteiger partial charge in [0.05, 0.1) is 6.61 Å². The van der Waals surface area contributed by atoms with Gasteiger partial charge in [-0.15, -0.1) is 0 Å². The quantitative estimate of drug-likeness (QED) is 0.551. The van der Waals surface area contributed by atoms with Crippen molar-refractivity contribution in [1.29, 1.82) is 0 Å². The molecule has 6 heteroatoms. The van der Waals surface area contributed by atoms with Crippen LogP contribution >= 0.6 is 0 Å². The van der Waals surface area contributed by atoms with Gasteiger partial charge >= 0.3 is 6.03 Å². The van der Waals surface area contributed by atoms with Crippen molar-refractivity contribution >= 4 is 6.03 Å². The molecule has 1 N–H and O–H groups in total. The minimum Gasteiger partial charge on any atom is -0.493 e. The zero-order chi connectivity index (χ0) is 23.9. The molecule has 2 amide bonds. The van der Waals surface area contributed by atoms with Gasteiger partial charge in [0.15, 0.2) is 0 Å². The Morgan fingerprint density at radius 2 is 1.79 bits per heavy atom. The summed E-state index contributed by atoms with van der Waals surface area (Å²) in [6, 6.07) is 15.1. The number of halogens is 1. The summed E-state index contributed by atoms with van der Waals surface area (Å²) >= 11 is 0. The number of piperidine rings is 2. The Hall–Kier alpha value is -2.60. The van der Waals surface area contributed by atoms with Crippen molar-refractivity contribution in [2.45, 2.75) is 71.1 Å². The van der Waals surface area contributed by atoms with Gasteiger partial charge in [-0.05, 0) is 73.5 Å². The minimum absolute atomic E-state index is 0.0567. The normalized spacial score (nSPS) is 20.6. The lowest BCUT2D eigenvalue weighted by atomic mass is 9.89. The van der Waals surface area contributed by atoms with Crippen molar-refractivity contribution in [1.82, 2.24) is 15.1 Å². The van der Waals surface area contributed by atoms with E-state index in [-0.39, 0.29) is 17.9 Å². The number of hydrogen-bond donors (Lipinski definition) is 1. The lowest BCUT2D eigenvalue weighted by Crippen LogP contribution is -2.54. The molecule has 0 aromatic heterocycles. The maximum atomic E-state index is 13.4. The van der Waals surface area contributed by atoms with Crippen molar-refractivity contribution in [2.24, 2.45) is 5.92 Å². The molecule has 0 radical (unpaired) electrons. The monoisotopic (exact) mass is 467 g/mol. The molecule has 4 rings (SSSR count). The van der Waals surface area contributed by atoms with Crippen LogP contribution in [0.3, 0.4) is 0 Å². The maximum Gasteiger partial charge on any atom is 0.318 e. The molecule has 0 saturated carbocycles. The minimum atomic E-state index is -0.254. The maximum absolute atomic E-state index is 13.4. The highest BCUT2D eigenvalue weighted by Crippen LogP contribution is 2.29. The van der Waals surface area contributed by atoms with Gasteiger partial charge in [0.25, 0.3) is 0 Å². The lowest BCUT2D eigenvalue weighted by Gasteiger charge is -2.45. The summed E-state index contributed by atoms with van der Waals surface area (Å²) < 4.78 is 19.2. The van der Waals surface area contributed by atoms with E-state index in [1.54, 1.807) is 12.1 Å². The number of rotatable bonds is 8. The molecule has 0 bridgehead atoms. The van der Waals surface area contributed by atoms with E-state index in [1.165, 1.54) is 37.9 Å². The molecule has 0 spiro atoms. The van der Waals surface area contributed by atoms with Gasteiger partial charge in [-0.3, -0.25) is 0 Å². The Bertz CT molecular complexity index is 916. The van der Waals surface area contributed by atoms with E-state index in [0.29, 0.717) is 31.7 Å². The summed E-state index contributed by atoms with van der Waals surface area (Å²) in [6.45, 7) is 8.11. The number of nitrogens with one attached hydrogen (secondary N) is 1. The molecule has 5 nitrogen and oxygen atoms in total. The number of urea groups is 1. The topological polar surface area (TPSA) is 44.8 Å². The molecule has 2 aliphatic rings. The summed E-state index contributed by atoms with van der Waals surface area (Å²) in [4.78, 5) is 18.0. The van der Waals surface area contributed by atoms with Crippen LogP contribution in [0.4, 0.5) is 9.18 Å². The molecule has 2 fully saturated rings. The highest BCUT2D eigenvalue weighted by molar-refractivity contribution is 5.74. The van der Waals surface area contributed by atoms with Crippen LogP contribution in [0.1, 0.15) is 57.1 Å². The second kappa shape index (κ2) is 11.7. The average Bonchev–Trinajstić information content (AvgIpc) is 2.86. The summed E-state index contributed by atoms with van der Waals surface area (Å²) in [5.74, 6) is 1.07. The number of benzene rings is 2.